The lowest BCUT2D eigenvalue weighted by molar-refractivity contribution is 1.25. The number of rotatable bonds is 1. The zero-order chi connectivity index (χ0) is 10.8. The van der Waals surface area contributed by atoms with Crippen LogP contribution in [0, 0.1) is 0 Å². The summed E-state index contributed by atoms with van der Waals surface area (Å²) in [6.07, 6.45) is 3.04. The molecule has 0 aliphatic rings. The van der Waals surface area contributed by atoms with Gasteiger partial charge in [0, 0.05) is 0 Å². The van der Waals surface area contributed by atoms with Gasteiger partial charge in [0.15, 0.2) is 0 Å². The summed E-state index contributed by atoms with van der Waals surface area (Å²) < 4.78 is 7.69. The van der Waals surface area contributed by atoms with Crippen LogP contribution in [0.25, 0.3) is 11.4 Å². The Labute approximate surface area is 83.0 Å². The average Bonchev–Trinajstić information content (AvgIpc) is 2.20. The summed E-state index contributed by atoms with van der Waals surface area (Å²) in [5.74, 6) is 0. The highest BCUT2D eigenvalue weighted by atomic mass is 14.8. The second-order valence-corrected chi connectivity index (χ2v) is 2.87. The van der Waals surface area contributed by atoms with Crippen molar-refractivity contribution < 1.29 is 1.37 Å². The van der Waals surface area contributed by atoms with Crippen LogP contribution in [-0.4, -0.2) is 9.97 Å². The van der Waals surface area contributed by atoms with Gasteiger partial charge in [-0.3, -0.25) is 9.97 Å². The van der Waals surface area contributed by atoms with Gasteiger partial charge in [0.2, 0.25) is 0 Å². The molecule has 0 unspecified atom stereocenters. The topological polar surface area (TPSA) is 77.8 Å². The smallest absolute Gasteiger partial charge is 0.0887 e. The van der Waals surface area contributed by atoms with E-state index in [9.17, 15) is 0 Å². The normalized spacial score (nSPS) is 11.0. The molecule has 0 saturated carbocycles. The lowest BCUT2D eigenvalue weighted by atomic mass is 10.2. The zero-order valence-electron chi connectivity index (χ0n) is 8.44. The number of aromatic nitrogens is 2. The van der Waals surface area contributed by atoms with E-state index in [-0.39, 0.29) is 6.04 Å². The van der Waals surface area contributed by atoms with E-state index in [4.69, 9.17) is 12.8 Å². The SMILES string of the molecule is [2H]c1cc(N)cnc1-c1ccc(N)cn1. The number of hydrogen-bond donors (Lipinski definition) is 2. The molecule has 0 saturated heterocycles. The van der Waals surface area contributed by atoms with E-state index in [2.05, 4.69) is 9.97 Å². The van der Waals surface area contributed by atoms with Crippen LogP contribution in [-0.2, 0) is 0 Å². The third-order valence-corrected chi connectivity index (χ3v) is 1.75. The van der Waals surface area contributed by atoms with E-state index in [0.29, 0.717) is 22.8 Å². The van der Waals surface area contributed by atoms with Gasteiger partial charge in [-0.1, -0.05) is 0 Å². The monoisotopic (exact) mass is 187 g/mol. The largest absolute Gasteiger partial charge is 0.397 e. The predicted molar refractivity (Wildman–Crippen MR) is 56.3 cm³/mol. The van der Waals surface area contributed by atoms with Gasteiger partial charge in [-0.2, -0.15) is 0 Å². The summed E-state index contributed by atoms with van der Waals surface area (Å²) in [6.45, 7) is 0. The van der Waals surface area contributed by atoms with E-state index in [1.54, 1.807) is 18.2 Å². The number of pyridine rings is 2. The first kappa shape index (κ1) is 7.32. The minimum absolute atomic E-state index is 0.257. The third kappa shape index (κ3) is 1.64. The predicted octanol–water partition coefficient (Wildman–Crippen LogP) is 1.31. The fourth-order valence-electron chi connectivity index (χ4n) is 1.05. The van der Waals surface area contributed by atoms with Crippen molar-refractivity contribution in [2.24, 2.45) is 0 Å². The maximum absolute atomic E-state index is 7.69. The van der Waals surface area contributed by atoms with Crippen molar-refractivity contribution in [2.75, 3.05) is 11.5 Å². The molecule has 0 atom stereocenters. The molecule has 2 rings (SSSR count). The van der Waals surface area contributed by atoms with Crippen molar-refractivity contribution in [3.05, 3.63) is 36.6 Å². The molecule has 4 N–H and O–H groups in total. The van der Waals surface area contributed by atoms with E-state index >= 15 is 0 Å². The van der Waals surface area contributed by atoms with Crippen molar-refractivity contribution in [1.82, 2.24) is 9.97 Å². The molecular weight excluding hydrogens is 176 g/mol. The Hall–Kier alpha value is -2.10. The van der Waals surface area contributed by atoms with Gasteiger partial charge in [0.05, 0.1) is 36.5 Å². The highest BCUT2D eigenvalue weighted by Crippen LogP contribution is 2.15. The molecule has 0 radical (unpaired) electrons. The number of nitrogens with two attached hydrogens (primary N) is 2. The third-order valence-electron chi connectivity index (χ3n) is 1.75. The molecule has 0 amide bonds. The Kier molecular flexibility index (Phi) is 1.74. The minimum atomic E-state index is 0.257. The quantitative estimate of drug-likeness (QED) is 0.705. The molecule has 4 nitrogen and oxygen atoms in total. The first-order valence-electron chi connectivity index (χ1n) is 4.61. The summed E-state index contributed by atoms with van der Waals surface area (Å²) in [6, 6.07) is 5.25. The van der Waals surface area contributed by atoms with Crippen molar-refractivity contribution in [3.8, 4) is 11.4 Å². The van der Waals surface area contributed by atoms with Crippen molar-refractivity contribution >= 4 is 11.4 Å². The van der Waals surface area contributed by atoms with Crippen LogP contribution in [0.3, 0.4) is 0 Å². The summed E-state index contributed by atoms with van der Waals surface area (Å²) in [7, 11) is 0. The zero-order valence-corrected chi connectivity index (χ0v) is 7.44. The summed E-state index contributed by atoms with van der Waals surface area (Å²) >= 11 is 0. The van der Waals surface area contributed by atoms with Gasteiger partial charge in [-0.15, -0.1) is 0 Å². The highest BCUT2D eigenvalue weighted by molar-refractivity contribution is 5.57. The highest BCUT2D eigenvalue weighted by Gasteiger charge is 1.99. The molecule has 0 fully saturated rings. The maximum atomic E-state index is 7.69. The summed E-state index contributed by atoms with van der Waals surface area (Å²) in [5, 5.41) is 0. The summed E-state index contributed by atoms with van der Waals surface area (Å²) in [4.78, 5) is 8.15. The molecule has 2 heterocycles. The van der Waals surface area contributed by atoms with Gasteiger partial charge < -0.3 is 11.5 Å². The van der Waals surface area contributed by atoms with Crippen LogP contribution < -0.4 is 11.5 Å². The lowest BCUT2D eigenvalue weighted by Crippen LogP contribution is -1.91. The molecule has 0 aliphatic heterocycles. The van der Waals surface area contributed by atoms with E-state index in [1.165, 1.54) is 12.4 Å². The van der Waals surface area contributed by atoms with Crippen LogP contribution in [0.2, 0.25) is 0 Å². The second-order valence-electron chi connectivity index (χ2n) is 2.87. The van der Waals surface area contributed by atoms with Crippen LogP contribution in [0.1, 0.15) is 1.37 Å². The average molecular weight is 187 g/mol. The number of nitrogens with zero attached hydrogens (tertiary/aromatic N) is 2. The van der Waals surface area contributed by atoms with Crippen LogP contribution >= 0.6 is 0 Å². The maximum Gasteiger partial charge on any atom is 0.0887 e. The molecule has 0 spiro atoms. The van der Waals surface area contributed by atoms with Crippen LogP contribution in [0.4, 0.5) is 11.4 Å². The van der Waals surface area contributed by atoms with Gasteiger partial charge in [-0.25, -0.2) is 0 Å². The Morgan fingerprint density at radius 2 is 1.57 bits per heavy atom. The van der Waals surface area contributed by atoms with E-state index in [0.717, 1.165) is 0 Å². The fourth-order valence-corrected chi connectivity index (χ4v) is 1.05. The minimum Gasteiger partial charge on any atom is -0.397 e. The van der Waals surface area contributed by atoms with Gasteiger partial charge in [0.25, 0.3) is 0 Å². The Morgan fingerprint density at radius 1 is 0.929 bits per heavy atom. The molecular formula is C10H10N4. The number of anilines is 2. The van der Waals surface area contributed by atoms with Gasteiger partial charge in [0.1, 0.15) is 0 Å². The molecule has 0 bridgehead atoms. The fraction of sp³-hybridized carbons (Fsp3) is 0. The standard InChI is InChI=1S/C10H10N4/c11-7-1-3-9(13-5-7)10-4-2-8(12)6-14-10/h1-6H,11-12H2/i3D. The first-order chi connectivity index (χ1) is 7.16. The second kappa shape index (κ2) is 3.33. The molecule has 2 aromatic heterocycles. The van der Waals surface area contributed by atoms with Crippen LogP contribution in [0.5, 0.6) is 0 Å². The first-order valence-corrected chi connectivity index (χ1v) is 4.11. The van der Waals surface area contributed by atoms with E-state index in [1.807, 2.05) is 0 Å². The molecule has 4 heteroatoms. The van der Waals surface area contributed by atoms with E-state index < -0.39 is 0 Å². The molecule has 0 aromatic carbocycles. The molecule has 0 aliphatic carbocycles. The van der Waals surface area contributed by atoms with Crippen LogP contribution in [0.15, 0.2) is 36.6 Å². The Balaban J connectivity index is 2.49. The summed E-state index contributed by atoms with van der Waals surface area (Å²) in [5.41, 5.74) is 13.2. The lowest BCUT2D eigenvalue weighted by Gasteiger charge is -2.00. The Morgan fingerprint density at radius 3 is 2.21 bits per heavy atom. The molecule has 14 heavy (non-hydrogen) atoms. The Bertz CT molecular complexity index is 481. The molecule has 2 aromatic rings. The van der Waals surface area contributed by atoms with Crippen molar-refractivity contribution in [3.63, 3.8) is 0 Å². The van der Waals surface area contributed by atoms with Crippen molar-refractivity contribution in [2.45, 2.75) is 0 Å². The molecule has 70 valence electrons. The van der Waals surface area contributed by atoms with Gasteiger partial charge in [-0.05, 0) is 24.2 Å². The van der Waals surface area contributed by atoms with Gasteiger partial charge >= 0.3 is 0 Å². The number of hydrogen-bond acceptors (Lipinski definition) is 4. The van der Waals surface area contributed by atoms with Crippen molar-refractivity contribution in [1.29, 1.82) is 0 Å². The number of nitrogen functional groups attached to an aromatic ring is 2.